The number of nitrogens with two attached hydrogens (primary N) is 1. The lowest BCUT2D eigenvalue weighted by molar-refractivity contribution is 0.564. The molecule has 1 aromatic carbocycles. The SMILES string of the molecule is CCC(C)CS(=O)(=O)c1ccc(N)cc1. The molecule has 0 saturated carbocycles. The highest BCUT2D eigenvalue weighted by molar-refractivity contribution is 7.91. The number of hydrogen-bond donors (Lipinski definition) is 1. The van der Waals surface area contributed by atoms with Crippen molar-refractivity contribution in [3.8, 4) is 0 Å². The van der Waals surface area contributed by atoms with Gasteiger partial charge >= 0.3 is 0 Å². The van der Waals surface area contributed by atoms with Crippen molar-refractivity contribution in [3.63, 3.8) is 0 Å². The molecule has 2 N–H and O–H groups in total. The van der Waals surface area contributed by atoms with Gasteiger partial charge in [-0.05, 0) is 30.2 Å². The van der Waals surface area contributed by atoms with E-state index in [2.05, 4.69) is 0 Å². The fourth-order valence-corrected chi connectivity index (χ4v) is 2.99. The van der Waals surface area contributed by atoms with Crippen LogP contribution in [0.4, 0.5) is 5.69 Å². The quantitative estimate of drug-likeness (QED) is 0.801. The third-order valence-corrected chi connectivity index (χ3v) is 4.44. The monoisotopic (exact) mass is 227 g/mol. The Kier molecular flexibility index (Phi) is 3.74. The first-order chi connectivity index (χ1) is 6.95. The van der Waals surface area contributed by atoms with E-state index in [0.717, 1.165) is 6.42 Å². The summed E-state index contributed by atoms with van der Waals surface area (Å²) in [6, 6.07) is 6.35. The maximum absolute atomic E-state index is 11.9. The summed E-state index contributed by atoms with van der Waals surface area (Å²) in [4.78, 5) is 0.358. The van der Waals surface area contributed by atoms with E-state index < -0.39 is 9.84 Å². The number of nitrogen functional groups attached to an aromatic ring is 1. The molecule has 1 rings (SSSR count). The molecule has 0 spiro atoms. The Morgan fingerprint density at radius 1 is 1.27 bits per heavy atom. The molecule has 0 radical (unpaired) electrons. The molecule has 1 aromatic rings. The topological polar surface area (TPSA) is 60.2 Å². The van der Waals surface area contributed by atoms with Gasteiger partial charge in [-0.3, -0.25) is 0 Å². The van der Waals surface area contributed by atoms with Gasteiger partial charge in [-0.15, -0.1) is 0 Å². The number of rotatable bonds is 4. The van der Waals surface area contributed by atoms with Crippen LogP contribution in [0.3, 0.4) is 0 Å². The fourth-order valence-electron chi connectivity index (χ4n) is 1.26. The smallest absolute Gasteiger partial charge is 0.178 e. The van der Waals surface area contributed by atoms with Crippen molar-refractivity contribution >= 4 is 15.5 Å². The minimum atomic E-state index is -3.14. The number of benzene rings is 1. The zero-order chi connectivity index (χ0) is 11.5. The lowest BCUT2D eigenvalue weighted by Crippen LogP contribution is -2.13. The van der Waals surface area contributed by atoms with Crippen LogP contribution in [-0.2, 0) is 9.84 Å². The van der Waals surface area contributed by atoms with Crippen molar-refractivity contribution in [1.82, 2.24) is 0 Å². The summed E-state index contributed by atoms with van der Waals surface area (Å²) in [5, 5.41) is 0. The molecule has 0 aliphatic heterocycles. The molecule has 0 aromatic heterocycles. The Morgan fingerprint density at radius 3 is 2.27 bits per heavy atom. The molecule has 15 heavy (non-hydrogen) atoms. The van der Waals surface area contributed by atoms with Gasteiger partial charge in [0.1, 0.15) is 0 Å². The standard InChI is InChI=1S/C11H17NO2S/c1-3-9(2)8-15(13,14)11-6-4-10(12)5-7-11/h4-7,9H,3,8,12H2,1-2H3. The summed E-state index contributed by atoms with van der Waals surface area (Å²) in [5.74, 6) is 0.389. The van der Waals surface area contributed by atoms with Gasteiger partial charge in [0.15, 0.2) is 9.84 Å². The van der Waals surface area contributed by atoms with Gasteiger partial charge in [-0.1, -0.05) is 20.3 Å². The lowest BCUT2D eigenvalue weighted by atomic mass is 10.2. The average molecular weight is 227 g/mol. The second-order valence-corrected chi connectivity index (χ2v) is 5.90. The summed E-state index contributed by atoms with van der Waals surface area (Å²) in [6.07, 6.45) is 0.869. The van der Waals surface area contributed by atoms with E-state index in [1.54, 1.807) is 24.3 Å². The van der Waals surface area contributed by atoms with E-state index in [1.807, 2.05) is 13.8 Å². The van der Waals surface area contributed by atoms with Crippen LogP contribution in [0.1, 0.15) is 20.3 Å². The Morgan fingerprint density at radius 2 is 1.80 bits per heavy atom. The van der Waals surface area contributed by atoms with E-state index >= 15 is 0 Å². The normalized spacial score (nSPS) is 13.7. The first-order valence-electron chi connectivity index (χ1n) is 5.04. The lowest BCUT2D eigenvalue weighted by Gasteiger charge is -2.09. The minimum Gasteiger partial charge on any atom is -0.399 e. The molecule has 0 fully saturated rings. The van der Waals surface area contributed by atoms with Crippen molar-refractivity contribution in [2.75, 3.05) is 11.5 Å². The van der Waals surface area contributed by atoms with Gasteiger partial charge in [0.25, 0.3) is 0 Å². The highest BCUT2D eigenvalue weighted by Gasteiger charge is 2.17. The Balaban J connectivity index is 2.91. The second kappa shape index (κ2) is 4.66. The predicted octanol–water partition coefficient (Wildman–Crippen LogP) is 2.09. The molecular weight excluding hydrogens is 210 g/mol. The van der Waals surface area contributed by atoms with Crippen LogP contribution in [0.25, 0.3) is 0 Å². The van der Waals surface area contributed by atoms with Gasteiger partial charge in [0, 0.05) is 5.69 Å². The number of sulfone groups is 1. The Hall–Kier alpha value is -1.03. The molecule has 1 atom stereocenters. The maximum Gasteiger partial charge on any atom is 0.178 e. The number of hydrogen-bond acceptors (Lipinski definition) is 3. The van der Waals surface area contributed by atoms with E-state index in [4.69, 9.17) is 5.73 Å². The first kappa shape index (κ1) is 12.0. The van der Waals surface area contributed by atoms with Crippen LogP contribution >= 0.6 is 0 Å². The third kappa shape index (κ3) is 3.23. The number of anilines is 1. The van der Waals surface area contributed by atoms with Crippen molar-refractivity contribution in [2.24, 2.45) is 5.92 Å². The molecule has 84 valence electrons. The average Bonchev–Trinajstić information content (AvgIpc) is 2.17. The summed E-state index contributed by atoms with van der Waals surface area (Å²) in [5.41, 5.74) is 6.08. The van der Waals surface area contributed by atoms with E-state index in [9.17, 15) is 8.42 Å². The van der Waals surface area contributed by atoms with Crippen LogP contribution in [0.5, 0.6) is 0 Å². The van der Waals surface area contributed by atoms with E-state index in [0.29, 0.717) is 10.6 Å². The fraction of sp³-hybridized carbons (Fsp3) is 0.455. The van der Waals surface area contributed by atoms with Crippen molar-refractivity contribution in [2.45, 2.75) is 25.2 Å². The van der Waals surface area contributed by atoms with Gasteiger partial charge in [-0.2, -0.15) is 0 Å². The minimum absolute atomic E-state index is 0.188. The predicted molar refractivity (Wildman–Crippen MR) is 62.4 cm³/mol. The molecule has 3 nitrogen and oxygen atoms in total. The molecule has 4 heteroatoms. The van der Waals surface area contributed by atoms with Crippen LogP contribution in [0, 0.1) is 5.92 Å². The van der Waals surface area contributed by atoms with Crippen molar-refractivity contribution < 1.29 is 8.42 Å². The molecule has 0 bridgehead atoms. The van der Waals surface area contributed by atoms with Gasteiger partial charge in [-0.25, -0.2) is 8.42 Å². The van der Waals surface area contributed by atoms with Crippen molar-refractivity contribution in [3.05, 3.63) is 24.3 Å². The molecule has 0 saturated heterocycles. The van der Waals surface area contributed by atoms with Crippen molar-refractivity contribution in [1.29, 1.82) is 0 Å². The highest BCUT2D eigenvalue weighted by atomic mass is 32.2. The van der Waals surface area contributed by atoms with Crippen LogP contribution in [0.15, 0.2) is 29.2 Å². The van der Waals surface area contributed by atoms with Gasteiger partial charge in [0.05, 0.1) is 10.6 Å². The Bertz CT molecular complexity index is 409. The van der Waals surface area contributed by atoms with E-state index in [-0.39, 0.29) is 11.7 Å². The summed E-state index contributed by atoms with van der Waals surface area (Å²) in [6.45, 7) is 3.93. The van der Waals surface area contributed by atoms with E-state index in [1.165, 1.54) is 0 Å². The first-order valence-corrected chi connectivity index (χ1v) is 6.69. The molecule has 0 heterocycles. The summed E-state index contributed by atoms with van der Waals surface area (Å²) >= 11 is 0. The highest BCUT2D eigenvalue weighted by Crippen LogP contribution is 2.17. The molecule has 0 aliphatic carbocycles. The van der Waals surface area contributed by atoms with Crippen LogP contribution in [0.2, 0.25) is 0 Å². The third-order valence-electron chi connectivity index (χ3n) is 2.44. The molecule has 0 amide bonds. The zero-order valence-corrected chi connectivity index (χ0v) is 9.92. The van der Waals surface area contributed by atoms with Crippen LogP contribution < -0.4 is 5.73 Å². The van der Waals surface area contributed by atoms with Crippen LogP contribution in [-0.4, -0.2) is 14.2 Å². The zero-order valence-electron chi connectivity index (χ0n) is 9.10. The summed E-state index contributed by atoms with van der Waals surface area (Å²) < 4.78 is 23.7. The second-order valence-electron chi connectivity index (χ2n) is 3.86. The maximum atomic E-state index is 11.9. The van der Waals surface area contributed by atoms with Gasteiger partial charge < -0.3 is 5.73 Å². The summed E-state index contributed by atoms with van der Waals surface area (Å²) in [7, 11) is -3.14. The molecule has 1 unspecified atom stereocenters. The largest absolute Gasteiger partial charge is 0.399 e. The van der Waals surface area contributed by atoms with Gasteiger partial charge in [0.2, 0.25) is 0 Å². The Labute approximate surface area is 91.2 Å². The molecule has 0 aliphatic rings. The molecular formula is C11H17NO2S.